The molecule has 3 saturated carbocycles. The van der Waals surface area contributed by atoms with E-state index in [4.69, 9.17) is 4.74 Å². The van der Waals surface area contributed by atoms with Gasteiger partial charge in [-0.1, -0.05) is 32.0 Å². The number of carboxylic acid groups (broad SMARTS) is 1. The second kappa shape index (κ2) is 9.85. The van der Waals surface area contributed by atoms with Crippen molar-refractivity contribution in [1.82, 2.24) is 5.32 Å². The van der Waals surface area contributed by atoms with Crippen LogP contribution in [0.1, 0.15) is 76.0 Å². The first-order valence-corrected chi connectivity index (χ1v) is 13.5. The minimum atomic E-state index is -4.71. The topological polar surface area (TPSA) is 58.6 Å². The second-order valence-electron chi connectivity index (χ2n) is 12.0. The first-order valence-electron chi connectivity index (χ1n) is 13.5. The lowest BCUT2D eigenvalue weighted by Gasteiger charge is -2.51. The summed E-state index contributed by atoms with van der Waals surface area (Å²) in [5.41, 5.74) is -0.498. The lowest BCUT2D eigenvalue weighted by molar-refractivity contribution is -0.185. The molecule has 3 unspecified atom stereocenters. The number of ether oxygens (including phenoxy) is 1. The molecule has 2 aromatic rings. The molecule has 0 spiro atoms. The molecule has 0 radical (unpaired) electrons. The fourth-order valence-electron chi connectivity index (χ4n) is 6.38. The summed E-state index contributed by atoms with van der Waals surface area (Å²) in [6, 6.07) is 7.62. The normalized spacial score (nSPS) is 28.1. The number of carbonyl (C=O) groups is 1. The first-order chi connectivity index (χ1) is 18.2. The second-order valence-corrected chi connectivity index (χ2v) is 12.0. The van der Waals surface area contributed by atoms with E-state index in [0.29, 0.717) is 17.7 Å². The summed E-state index contributed by atoms with van der Waals surface area (Å²) >= 11 is 0. The van der Waals surface area contributed by atoms with Gasteiger partial charge in [-0.25, -0.2) is 0 Å². The smallest absolute Gasteiger partial charge is 0.420 e. The number of halogens is 6. The zero-order chi connectivity index (χ0) is 28.3. The monoisotopic (exact) mass is 557 g/mol. The highest BCUT2D eigenvalue weighted by molar-refractivity contribution is 5.89. The Morgan fingerprint density at radius 2 is 1.67 bits per heavy atom. The van der Waals surface area contributed by atoms with Gasteiger partial charge < -0.3 is 15.2 Å². The molecule has 0 aromatic heterocycles. The number of nitrogens with one attached hydrogen (secondary N) is 1. The van der Waals surface area contributed by atoms with Gasteiger partial charge in [0, 0.05) is 12.1 Å². The van der Waals surface area contributed by atoms with Crippen molar-refractivity contribution >= 4 is 16.7 Å². The molecular formula is C29H33F6NO3. The molecule has 2 N–H and O–H groups in total. The van der Waals surface area contributed by atoms with Crippen molar-refractivity contribution in [2.24, 2.45) is 23.2 Å². The highest BCUT2D eigenvalue weighted by atomic mass is 19.4. The van der Waals surface area contributed by atoms with Gasteiger partial charge in [-0.05, 0) is 84.7 Å². The summed E-state index contributed by atoms with van der Waals surface area (Å²) < 4.78 is 87.5. The van der Waals surface area contributed by atoms with Gasteiger partial charge in [0.2, 0.25) is 0 Å². The van der Waals surface area contributed by atoms with E-state index in [2.05, 4.69) is 5.32 Å². The van der Waals surface area contributed by atoms with Gasteiger partial charge in [0.25, 0.3) is 0 Å². The maximum absolute atomic E-state index is 14.3. The predicted octanol–water partition coefficient (Wildman–Crippen LogP) is 7.90. The van der Waals surface area contributed by atoms with Gasteiger partial charge in [0.05, 0.1) is 17.9 Å². The Bertz CT molecular complexity index is 1230. The van der Waals surface area contributed by atoms with Crippen molar-refractivity contribution in [3.63, 3.8) is 0 Å². The molecule has 3 fully saturated rings. The van der Waals surface area contributed by atoms with Gasteiger partial charge in [-0.2, -0.15) is 26.3 Å². The molecule has 39 heavy (non-hydrogen) atoms. The van der Waals surface area contributed by atoms with E-state index >= 15 is 0 Å². The molecule has 0 bridgehead atoms. The van der Waals surface area contributed by atoms with Crippen LogP contribution in [0.2, 0.25) is 0 Å². The molecule has 3 aliphatic carbocycles. The van der Waals surface area contributed by atoms with Crippen LogP contribution in [0, 0.1) is 23.2 Å². The highest BCUT2D eigenvalue weighted by Crippen LogP contribution is 2.50. The Morgan fingerprint density at radius 3 is 2.21 bits per heavy atom. The first kappa shape index (κ1) is 28.1. The van der Waals surface area contributed by atoms with E-state index in [1.54, 1.807) is 18.2 Å². The highest BCUT2D eigenvalue weighted by Gasteiger charge is 2.53. The van der Waals surface area contributed by atoms with Gasteiger partial charge in [-0.3, -0.25) is 4.79 Å². The Morgan fingerprint density at radius 1 is 1.00 bits per heavy atom. The summed E-state index contributed by atoms with van der Waals surface area (Å²) in [4.78, 5) is 11.5. The Balaban J connectivity index is 1.39. The molecule has 214 valence electrons. The zero-order valence-electron chi connectivity index (χ0n) is 21.8. The fourth-order valence-corrected chi connectivity index (χ4v) is 6.38. The third-order valence-electron chi connectivity index (χ3n) is 9.12. The van der Waals surface area contributed by atoms with Crippen LogP contribution in [0.4, 0.5) is 26.3 Å². The molecule has 0 saturated heterocycles. The predicted molar refractivity (Wildman–Crippen MR) is 133 cm³/mol. The van der Waals surface area contributed by atoms with Crippen molar-refractivity contribution < 1.29 is 41.0 Å². The van der Waals surface area contributed by atoms with Crippen LogP contribution in [0.25, 0.3) is 10.8 Å². The number of alkyl halides is 6. The summed E-state index contributed by atoms with van der Waals surface area (Å²) in [6.07, 6.45) is -7.46. The number of rotatable bonds is 7. The van der Waals surface area contributed by atoms with Crippen molar-refractivity contribution in [3.05, 3.63) is 41.5 Å². The van der Waals surface area contributed by atoms with E-state index in [0.717, 1.165) is 18.4 Å². The number of carboxylic acids is 1. The van der Waals surface area contributed by atoms with E-state index in [1.807, 2.05) is 13.8 Å². The molecule has 5 rings (SSSR count). The van der Waals surface area contributed by atoms with Crippen LogP contribution in [0.15, 0.2) is 30.3 Å². The molecular weight excluding hydrogens is 524 g/mol. The standard InChI is InChI=1S/C29H33F6NO3/c1-27(2)21(26(37)38)14-23(27)36-25(15-3-4-15)17-5-11-20-16(13-17)6-12-22(24(20)29(33,34)35)39-19-9-7-18(8-10-19)28(30,31)32/h5-6,11-13,15,18-19,21,23,25,36H,3-4,7-10,14H2,1-2H3,(H,37,38). The number of benzene rings is 2. The number of hydrogen-bond acceptors (Lipinski definition) is 3. The van der Waals surface area contributed by atoms with Crippen molar-refractivity contribution in [2.45, 2.75) is 89.3 Å². The number of fused-ring (bicyclic) bond motifs is 1. The SMILES string of the molecule is CC1(C)C(NC(c2ccc3c(C(F)(F)F)c(OC4CCC(C(F)(F)F)CC4)ccc3c2)C2CC2)CC1C(=O)O. The number of hydrogen-bond donors (Lipinski definition) is 2. The van der Waals surface area contributed by atoms with Crippen LogP contribution >= 0.6 is 0 Å². The third kappa shape index (κ3) is 5.58. The van der Waals surface area contributed by atoms with E-state index in [1.165, 1.54) is 12.1 Å². The maximum Gasteiger partial charge on any atom is 0.420 e. The zero-order valence-corrected chi connectivity index (χ0v) is 21.8. The van der Waals surface area contributed by atoms with Crippen LogP contribution < -0.4 is 10.1 Å². The summed E-state index contributed by atoms with van der Waals surface area (Å²) in [6.45, 7) is 3.84. The molecule has 0 amide bonds. The molecule has 10 heteroatoms. The quantitative estimate of drug-likeness (QED) is 0.340. The molecule has 3 aliphatic rings. The fraction of sp³-hybridized carbons (Fsp3) is 0.621. The average molecular weight is 558 g/mol. The third-order valence-corrected chi connectivity index (χ3v) is 9.12. The maximum atomic E-state index is 14.3. The van der Waals surface area contributed by atoms with Gasteiger partial charge in [-0.15, -0.1) is 0 Å². The minimum Gasteiger partial charge on any atom is -0.490 e. The van der Waals surface area contributed by atoms with Crippen LogP contribution in [-0.2, 0) is 11.0 Å². The summed E-state index contributed by atoms with van der Waals surface area (Å²) in [5.74, 6) is -2.73. The molecule has 3 atom stereocenters. The largest absolute Gasteiger partial charge is 0.490 e. The Labute approximate surface area is 223 Å². The van der Waals surface area contributed by atoms with Gasteiger partial charge >= 0.3 is 18.3 Å². The van der Waals surface area contributed by atoms with Crippen LogP contribution in [0.3, 0.4) is 0 Å². The summed E-state index contributed by atoms with van der Waals surface area (Å²) in [7, 11) is 0. The lowest BCUT2D eigenvalue weighted by Crippen LogP contribution is -2.60. The lowest BCUT2D eigenvalue weighted by atomic mass is 9.58. The average Bonchev–Trinajstić information content (AvgIpc) is 3.67. The van der Waals surface area contributed by atoms with Crippen molar-refractivity contribution in [1.29, 1.82) is 0 Å². The Kier molecular flexibility index (Phi) is 7.09. The molecule has 2 aromatic carbocycles. The van der Waals surface area contributed by atoms with Crippen LogP contribution in [0.5, 0.6) is 5.75 Å². The molecule has 0 heterocycles. The van der Waals surface area contributed by atoms with E-state index in [-0.39, 0.29) is 48.9 Å². The van der Waals surface area contributed by atoms with Crippen LogP contribution in [-0.4, -0.2) is 29.4 Å². The van der Waals surface area contributed by atoms with Gasteiger partial charge in [0.1, 0.15) is 11.3 Å². The van der Waals surface area contributed by atoms with Gasteiger partial charge in [0.15, 0.2) is 0 Å². The molecule has 4 nitrogen and oxygen atoms in total. The number of aliphatic carboxylic acids is 1. The van der Waals surface area contributed by atoms with Crippen molar-refractivity contribution in [3.8, 4) is 5.75 Å². The minimum absolute atomic E-state index is 0.0165. The Hall–Kier alpha value is -2.49. The molecule has 0 aliphatic heterocycles. The van der Waals surface area contributed by atoms with E-state index in [9.17, 15) is 36.2 Å². The summed E-state index contributed by atoms with van der Waals surface area (Å²) in [5, 5.41) is 13.5. The van der Waals surface area contributed by atoms with E-state index < -0.39 is 47.2 Å². The van der Waals surface area contributed by atoms with Crippen molar-refractivity contribution in [2.75, 3.05) is 0 Å².